The van der Waals surface area contributed by atoms with E-state index >= 15 is 0 Å². The molecule has 0 aliphatic carbocycles. The van der Waals surface area contributed by atoms with Gasteiger partial charge < -0.3 is 25.3 Å². The lowest BCUT2D eigenvalue weighted by molar-refractivity contribution is 0.0461. The molecule has 0 radical (unpaired) electrons. The van der Waals surface area contributed by atoms with Crippen LogP contribution in [0.4, 0.5) is 17.6 Å². The Hall–Kier alpha value is -3.72. The lowest BCUT2D eigenvalue weighted by Gasteiger charge is -2.11. The standard InChI is InChI=1S/C22H25N5O4/c1-4-30-12-16-11-15(7-10-18(16)29-3)20(28)31-13-19-25-21(23)27-22(26-19)24-17-8-5-14(2)6-9-17/h5-11H,4,12-13H2,1-3H3,(H3,23,24,25,26,27). The molecule has 9 nitrogen and oxygen atoms in total. The van der Waals surface area contributed by atoms with Crippen molar-refractivity contribution in [2.45, 2.75) is 27.1 Å². The fraction of sp³-hybridized carbons (Fsp3) is 0.273. The van der Waals surface area contributed by atoms with Gasteiger partial charge in [0, 0.05) is 17.9 Å². The van der Waals surface area contributed by atoms with Crippen molar-refractivity contribution in [1.29, 1.82) is 0 Å². The lowest BCUT2D eigenvalue weighted by Crippen LogP contribution is -2.11. The van der Waals surface area contributed by atoms with Crippen LogP contribution in [-0.2, 0) is 22.7 Å². The first-order valence-corrected chi connectivity index (χ1v) is 9.74. The molecule has 3 aromatic rings. The van der Waals surface area contributed by atoms with Gasteiger partial charge in [-0.3, -0.25) is 0 Å². The number of anilines is 3. The number of carbonyl (C=O) groups is 1. The fourth-order valence-electron chi connectivity index (χ4n) is 2.77. The second kappa shape index (κ2) is 10.4. The minimum atomic E-state index is -0.521. The summed E-state index contributed by atoms with van der Waals surface area (Å²) in [6.07, 6.45) is 0. The smallest absolute Gasteiger partial charge is 0.338 e. The Morgan fingerprint density at radius 1 is 1.06 bits per heavy atom. The van der Waals surface area contributed by atoms with Gasteiger partial charge in [0.2, 0.25) is 11.9 Å². The summed E-state index contributed by atoms with van der Waals surface area (Å²) < 4.78 is 16.1. The maximum atomic E-state index is 12.5. The number of ether oxygens (including phenoxy) is 3. The molecule has 0 bridgehead atoms. The highest BCUT2D eigenvalue weighted by Crippen LogP contribution is 2.22. The number of nitrogens with zero attached hydrogens (tertiary/aromatic N) is 3. The first kappa shape index (κ1) is 22.0. The second-order valence-electron chi connectivity index (χ2n) is 6.66. The molecule has 9 heteroatoms. The van der Waals surface area contributed by atoms with E-state index in [2.05, 4.69) is 20.3 Å². The van der Waals surface area contributed by atoms with E-state index in [9.17, 15) is 4.79 Å². The van der Waals surface area contributed by atoms with Gasteiger partial charge in [0.25, 0.3) is 0 Å². The number of rotatable bonds is 9. The minimum absolute atomic E-state index is 0.0270. The molecule has 162 valence electrons. The van der Waals surface area contributed by atoms with Gasteiger partial charge in [-0.05, 0) is 44.2 Å². The number of methoxy groups -OCH3 is 1. The molecule has 0 aliphatic heterocycles. The average Bonchev–Trinajstić information content (AvgIpc) is 2.77. The number of nitrogens with two attached hydrogens (primary N) is 1. The molecule has 0 spiro atoms. The second-order valence-corrected chi connectivity index (χ2v) is 6.66. The average molecular weight is 423 g/mol. The lowest BCUT2D eigenvalue weighted by atomic mass is 10.1. The van der Waals surface area contributed by atoms with Crippen LogP contribution in [0.2, 0.25) is 0 Å². The number of carbonyl (C=O) groups excluding carboxylic acids is 1. The molecule has 0 saturated carbocycles. The van der Waals surface area contributed by atoms with Gasteiger partial charge in [-0.25, -0.2) is 4.79 Å². The van der Waals surface area contributed by atoms with Crippen molar-refractivity contribution >= 4 is 23.6 Å². The van der Waals surface area contributed by atoms with E-state index in [0.717, 1.165) is 16.8 Å². The van der Waals surface area contributed by atoms with Gasteiger partial charge in [-0.15, -0.1) is 0 Å². The molecule has 3 rings (SSSR count). The summed E-state index contributed by atoms with van der Waals surface area (Å²) in [7, 11) is 1.57. The summed E-state index contributed by atoms with van der Waals surface area (Å²) in [5.74, 6) is 0.651. The number of aromatic nitrogens is 3. The summed E-state index contributed by atoms with van der Waals surface area (Å²) in [6.45, 7) is 4.63. The zero-order chi connectivity index (χ0) is 22.2. The van der Waals surface area contributed by atoms with Gasteiger partial charge >= 0.3 is 5.97 Å². The van der Waals surface area contributed by atoms with Crippen LogP contribution in [0.15, 0.2) is 42.5 Å². The predicted molar refractivity (Wildman–Crippen MR) is 116 cm³/mol. The van der Waals surface area contributed by atoms with Crippen LogP contribution in [0, 0.1) is 6.92 Å². The molecule has 0 aliphatic rings. The van der Waals surface area contributed by atoms with E-state index in [4.69, 9.17) is 19.9 Å². The van der Waals surface area contributed by atoms with Crippen molar-refractivity contribution in [3.8, 4) is 5.75 Å². The summed E-state index contributed by atoms with van der Waals surface area (Å²) in [6, 6.07) is 12.7. The summed E-state index contributed by atoms with van der Waals surface area (Å²) >= 11 is 0. The third-order valence-electron chi connectivity index (χ3n) is 4.32. The van der Waals surface area contributed by atoms with Gasteiger partial charge in [0.15, 0.2) is 12.4 Å². The van der Waals surface area contributed by atoms with Crippen molar-refractivity contribution in [3.63, 3.8) is 0 Å². The zero-order valence-electron chi connectivity index (χ0n) is 17.7. The van der Waals surface area contributed by atoms with Gasteiger partial charge in [-0.1, -0.05) is 17.7 Å². The van der Waals surface area contributed by atoms with Crippen LogP contribution in [0.25, 0.3) is 0 Å². The largest absolute Gasteiger partial charge is 0.496 e. The molecular weight excluding hydrogens is 398 g/mol. The van der Waals surface area contributed by atoms with Gasteiger partial charge in [0.1, 0.15) is 5.75 Å². The van der Waals surface area contributed by atoms with E-state index < -0.39 is 5.97 Å². The van der Waals surface area contributed by atoms with Crippen LogP contribution in [0.1, 0.15) is 34.2 Å². The molecule has 2 aromatic carbocycles. The van der Waals surface area contributed by atoms with Crippen LogP contribution in [-0.4, -0.2) is 34.6 Å². The summed E-state index contributed by atoms with van der Waals surface area (Å²) in [5, 5.41) is 3.06. The van der Waals surface area contributed by atoms with Gasteiger partial charge in [0.05, 0.1) is 19.3 Å². The van der Waals surface area contributed by atoms with Crippen molar-refractivity contribution < 1.29 is 19.0 Å². The number of nitrogen functional groups attached to an aromatic ring is 1. The predicted octanol–water partition coefficient (Wildman–Crippen LogP) is 3.41. The number of esters is 1. The molecule has 3 N–H and O–H groups in total. The number of benzene rings is 2. The molecule has 0 saturated heterocycles. The highest BCUT2D eigenvalue weighted by atomic mass is 16.5. The fourth-order valence-corrected chi connectivity index (χ4v) is 2.77. The highest BCUT2D eigenvalue weighted by molar-refractivity contribution is 5.89. The first-order valence-electron chi connectivity index (χ1n) is 9.74. The van der Waals surface area contributed by atoms with Crippen LogP contribution >= 0.6 is 0 Å². The molecule has 1 heterocycles. The van der Waals surface area contributed by atoms with Crippen LogP contribution in [0.3, 0.4) is 0 Å². The molecular formula is C22H25N5O4. The van der Waals surface area contributed by atoms with Crippen LogP contribution in [0.5, 0.6) is 5.75 Å². The van der Waals surface area contributed by atoms with Crippen molar-refractivity contribution in [1.82, 2.24) is 15.0 Å². The SMILES string of the molecule is CCOCc1cc(C(=O)OCc2nc(N)nc(Nc3ccc(C)cc3)n2)ccc1OC. The van der Waals surface area contributed by atoms with Crippen LogP contribution < -0.4 is 15.8 Å². The van der Waals surface area contributed by atoms with Crippen molar-refractivity contribution in [2.24, 2.45) is 0 Å². The number of aryl methyl sites for hydroxylation is 1. The Kier molecular flexibility index (Phi) is 7.34. The zero-order valence-corrected chi connectivity index (χ0v) is 17.7. The van der Waals surface area contributed by atoms with Crippen molar-refractivity contribution in [2.75, 3.05) is 24.8 Å². The summed E-state index contributed by atoms with van der Waals surface area (Å²) in [5.41, 5.74) is 8.85. The topological polar surface area (TPSA) is 121 Å². The van der Waals surface area contributed by atoms with E-state index in [0.29, 0.717) is 24.5 Å². The maximum Gasteiger partial charge on any atom is 0.338 e. The van der Waals surface area contributed by atoms with E-state index in [-0.39, 0.29) is 24.3 Å². The Balaban J connectivity index is 1.68. The normalized spacial score (nSPS) is 10.5. The highest BCUT2D eigenvalue weighted by Gasteiger charge is 2.14. The molecule has 0 atom stereocenters. The van der Waals surface area contributed by atoms with Gasteiger partial charge in [-0.2, -0.15) is 15.0 Å². The number of nitrogens with one attached hydrogen (secondary N) is 1. The monoisotopic (exact) mass is 423 g/mol. The maximum absolute atomic E-state index is 12.5. The molecule has 0 unspecified atom stereocenters. The Bertz CT molecular complexity index is 1040. The first-order chi connectivity index (χ1) is 15.0. The van der Waals surface area contributed by atoms with E-state index in [1.807, 2.05) is 38.1 Å². The molecule has 0 fully saturated rings. The number of hydrogen-bond acceptors (Lipinski definition) is 9. The molecule has 0 amide bonds. The quantitative estimate of drug-likeness (QED) is 0.499. The summed E-state index contributed by atoms with van der Waals surface area (Å²) in [4.78, 5) is 24.9. The van der Waals surface area contributed by atoms with Crippen molar-refractivity contribution in [3.05, 3.63) is 65.0 Å². The third-order valence-corrected chi connectivity index (χ3v) is 4.32. The molecule has 31 heavy (non-hydrogen) atoms. The Labute approximate surface area is 180 Å². The number of hydrogen-bond donors (Lipinski definition) is 2. The molecule has 1 aromatic heterocycles. The van der Waals surface area contributed by atoms with E-state index in [1.54, 1.807) is 25.3 Å². The third kappa shape index (κ3) is 6.13. The van der Waals surface area contributed by atoms with E-state index in [1.165, 1.54) is 0 Å². The minimum Gasteiger partial charge on any atom is -0.496 e. The Morgan fingerprint density at radius 2 is 1.84 bits per heavy atom. The Morgan fingerprint density at radius 3 is 2.55 bits per heavy atom.